The standard InChI is InChI=1S/C22H26ClFN6O/c1-13(16-11-14(23)12-27-19(16)25-4)18-28-17-8-6-5-7-15(17)20(29-18)30-22(2,3)21(31)26-10-9-24/h5-8,11,14H,1,9-10,12H2,2-4H3,(H,25,27)(H,26,31)(H,28,29,30). The van der Waals surface area contributed by atoms with Crippen molar-refractivity contribution >= 4 is 45.6 Å². The summed E-state index contributed by atoms with van der Waals surface area (Å²) in [6.07, 6.45) is 1.88. The van der Waals surface area contributed by atoms with Gasteiger partial charge in [-0.25, -0.2) is 14.4 Å². The highest BCUT2D eigenvalue weighted by molar-refractivity contribution is 6.24. The van der Waals surface area contributed by atoms with E-state index in [9.17, 15) is 9.18 Å². The lowest BCUT2D eigenvalue weighted by atomic mass is 10.0. The van der Waals surface area contributed by atoms with Crippen molar-refractivity contribution in [1.29, 1.82) is 0 Å². The van der Waals surface area contributed by atoms with Crippen LogP contribution in [0.2, 0.25) is 0 Å². The Kier molecular flexibility index (Phi) is 6.90. The van der Waals surface area contributed by atoms with Gasteiger partial charge in [0.2, 0.25) is 5.91 Å². The van der Waals surface area contributed by atoms with Gasteiger partial charge in [0, 0.05) is 36.7 Å². The van der Waals surface area contributed by atoms with Gasteiger partial charge in [-0.1, -0.05) is 24.8 Å². The average Bonchev–Trinajstić information content (AvgIpc) is 2.76. The molecule has 1 aromatic heterocycles. The number of aromatic nitrogens is 2. The maximum atomic E-state index is 12.5. The molecule has 0 bridgehead atoms. The lowest BCUT2D eigenvalue weighted by Gasteiger charge is -2.27. The van der Waals surface area contributed by atoms with Gasteiger partial charge in [-0.2, -0.15) is 0 Å². The van der Waals surface area contributed by atoms with E-state index in [1.165, 1.54) is 0 Å². The summed E-state index contributed by atoms with van der Waals surface area (Å²) in [5.74, 6) is 1.20. The number of anilines is 1. The molecule has 0 saturated heterocycles. The molecule has 7 nitrogen and oxygen atoms in total. The van der Waals surface area contributed by atoms with Crippen molar-refractivity contribution < 1.29 is 9.18 Å². The van der Waals surface area contributed by atoms with E-state index in [0.717, 1.165) is 11.0 Å². The molecular formula is C22H26ClFN6O. The van der Waals surface area contributed by atoms with Gasteiger partial charge in [0.25, 0.3) is 0 Å². The van der Waals surface area contributed by atoms with Crippen LogP contribution in [0.4, 0.5) is 10.2 Å². The number of benzene rings is 1. The van der Waals surface area contributed by atoms with Crippen molar-refractivity contribution in [2.24, 2.45) is 4.99 Å². The van der Waals surface area contributed by atoms with E-state index < -0.39 is 12.2 Å². The quantitative estimate of drug-likeness (QED) is 0.571. The Balaban J connectivity index is 2.03. The molecule has 3 N–H and O–H groups in total. The molecular weight excluding hydrogens is 419 g/mol. The van der Waals surface area contributed by atoms with Crippen LogP contribution in [0.3, 0.4) is 0 Å². The van der Waals surface area contributed by atoms with E-state index in [0.29, 0.717) is 35.1 Å². The van der Waals surface area contributed by atoms with Crippen molar-refractivity contribution in [3.05, 3.63) is 48.3 Å². The second-order valence-corrected chi connectivity index (χ2v) is 8.20. The number of aliphatic imine (C=N–C) groups is 1. The number of rotatable bonds is 7. The van der Waals surface area contributed by atoms with Crippen molar-refractivity contribution in [2.75, 3.05) is 32.1 Å². The van der Waals surface area contributed by atoms with Gasteiger partial charge in [-0.3, -0.25) is 9.79 Å². The zero-order chi connectivity index (χ0) is 22.6. The molecule has 164 valence electrons. The molecule has 9 heteroatoms. The average molecular weight is 445 g/mol. The molecule has 0 saturated carbocycles. The number of para-hydroxylation sites is 1. The molecule has 1 aliphatic rings. The van der Waals surface area contributed by atoms with Crippen LogP contribution < -0.4 is 16.0 Å². The van der Waals surface area contributed by atoms with Gasteiger partial charge in [0.15, 0.2) is 5.82 Å². The highest BCUT2D eigenvalue weighted by Gasteiger charge is 2.29. The molecule has 1 unspecified atom stereocenters. The molecule has 2 heterocycles. The molecule has 31 heavy (non-hydrogen) atoms. The molecule has 2 aromatic rings. The molecule has 0 fully saturated rings. The van der Waals surface area contributed by atoms with Crippen LogP contribution >= 0.6 is 11.6 Å². The molecule has 0 radical (unpaired) electrons. The first-order valence-corrected chi connectivity index (χ1v) is 10.4. The highest BCUT2D eigenvalue weighted by atomic mass is 35.5. The first-order valence-electron chi connectivity index (χ1n) is 9.92. The van der Waals surface area contributed by atoms with Gasteiger partial charge < -0.3 is 16.0 Å². The second-order valence-electron chi connectivity index (χ2n) is 7.64. The first kappa shape index (κ1) is 22.7. The predicted octanol–water partition coefficient (Wildman–Crippen LogP) is 3.08. The van der Waals surface area contributed by atoms with E-state index in [-0.39, 0.29) is 17.8 Å². The largest absolute Gasteiger partial charge is 0.368 e. The molecule has 1 amide bonds. The summed E-state index contributed by atoms with van der Waals surface area (Å²) in [6, 6.07) is 7.48. The molecule has 3 rings (SSSR count). The highest BCUT2D eigenvalue weighted by Crippen LogP contribution is 2.29. The lowest BCUT2D eigenvalue weighted by molar-refractivity contribution is -0.124. The number of amides is 1. The maximum absolute atomic E-state index is 12.5. The van der Waals surface area contributed by atoms with E-state index in [1.54, 1.807) is 20.9 Å². The summed E-state index contributed by atoms with van der Waals surface area (Å²) in [7, 11) is 1.69. The fourth-order valence-electron chi connectivity index (χ4n) is 3.21. The fourth-order valence-corrected chi connectivity index (χ4v) is 3.42. The van der Waals surface area contributed by atoms with E-state index in [1.807, 2.05) is 30.3 Å². The minimum Gasteiger partial charge on any atom is -0.368 e. The maximum Gasteiger partial charge on any atom is 0.245 e. The van der Waals surface area contributed by atoms with E-state index in [4.69, 9.17) is 11.6 Å². The number of hydrogen-bond donors (Lipinski definition) is 3. The summed E-state index contributed by atoms with van der Waals surface area (Å²) in [5, 5.41) is 9.46. The topological polar surface area (TPSA) is 91.3 Å². The monoisotopic (exact) mass is 444 g/mol. The number of alkyl halides is 2. The number of nitrogens with one attached hydrogen (secondary N) is 3. The number of carbonyl (C=O) groups is 1. The third kappa shape index (κ3) is 5.02. The summed E-state index contributed by atoms with van der Waals surface area (Å²) in [4.78, 5) is 26.1. The van der Waals surface area contributed by atoms with E-state index >= 15 is 0 Å². The zero-order valence-corrected chi connectivity index (χ0v) is 18.6. The van der Waals surface area contributed by atoms with Crippen molar-refractivity contribution in [3.8, 4) is 0 Å². The Labute approximate surface area is 185 Å². The van der Waals surface area contributed by atoms with Crippen LogP contribution in [-0.2, 0) is 4.79 Å². The normalized spacial score (nSPS) is 17.8. The summed E-state index contributed by atoms with van der Waals surface area (Å²) in [5.41, 5.74) is 0.952. The first-order chi connectivity index (χ1) is 14.8. The van der Waals surface area contributed by atoms with Gasteiger partial charge in [0.05, 0.1) is 10.9 Å². The predicted molar refractivity (Wildman–Crippen MR) is 124 cm³/mol. The number of halogens is 2. The van der Waals surface area contributed by atoms with Crippen molar-refractivity contribution in [3.63, 3.8) is 0 Å². The summed E-state index contributed by atoms with van der Waals surface area (Å²) in [6.45, 7) is 7.49. The molecule has 1 atom stereocenters. The Morgan fingerprint density at radius 1 is 1.39 bits per heavy atom. The Morgan fingerprint density at radius 3 is 2.84 bits per heavy atom. The second kappa shape index (κ2) is 9.43. The number of carbonyl (C=O) groups excluding carboxylic acids is 1. The van der Waals surface area contributed by atoms with Crippen LogP contribution in [0.15, 0.2) is 47.5 Å². The van der Waals surface area contributed by atoms with Crippen molar-refractivity contribution in [2.45, 2.75) is 24.8 Å². The molecule has 1 aromatic carbocycles. The third-order valence-electron chi connectivity index (χ3n) is 4.87. The van der Waals surface area contributed by atoms with E-state index in [2.05, 4.69) is 37.5 Å². The molecule has 0 aliphatic carbocycles. The Morgan fingerprint density at radius 2 is 2.13 bits per heavy atom. The number of hydrogen-bond acceptors (Lipinski definition) is 5. The van der Waals surface area contributed by atoms with Crippen LogP contribution in [0.25, 0.3) is 16.5 Å². The summed E-state index contributed by atoms with van der Waals surface area (Å²) < 4.78 is 12.5. The van der Waals surface area contributed by atoms with Gasteiger partial charge in [-0.15, -0.1) is 11.6 Å². The minimum absolute atomic E-state index is 0.0452. The van der Waals surface area contributed by atoms with Gasteiger partial charge in [-0.05, 0) is 26.0 Å². The SMILES string of the molecule is C=C(C1=CC(Cl)CNC1=NC)c1nc(NC(C)(C)C(=O)NCCF)c2ccccc2n1. The van der Waals surface area contributed by atoms with Gasteiger partial charge in [0.1, 0.15) is 23.9 Å². The smallest absolute Gasteiger partial charge is 0.245 e. The summed E-state index contributed by atoms with van der Waals surface area (Å²) >= 11 is 6.30. The molecule has 1 aliphatic heterocycles. The number of fused-ring (bicyclic) bond motifs is 1. The lowest BCUT2D eigenvalue weighted by Crippen LogP contribution is -2.48. The minimum atomic E-state index is -1.03. The van der Waals surface area contributed by atoms with Crippen LogP contribution in [0, 0.1) is 0 Å². The van der Waals surface area contributed by atoms with Gasteiger partial charge >= 0.3 is 0 Å². The zero-order valence-electron chi connectivity index (χ0n) is 17.8. The Hall–Kier alpha value is -3.00. The van der Waals surface area contributed by atoms with Crippen LogP contribution in [0.1, 0.15) is 19.7 Å². The van der Waals surface area contributed by atoms with Crippen molar-refractivity contribution in [1.82, 2.24) is 20.6 Å². The number of nitrogens with zero attached hydrogens (tertiary/aromatic N) is 3. The molecule has 0 spiro atoms. The van der Waals surface area contributed by atoms with Crippen LogP contribution in [-0.4, -0.2) is 59.4 Å². The van der Waals surface area contributed by atoms with Crippen LogP contribution in [0.5, 0.6) is 0 Å². The fraction of sp³-hybridized carbons (Fsp3) is 0.364. The third-order valence-corrected chi connectivity index (χ3v) is 5.15. The number of amidine groups is 1. The Bertz CT molecular complexity index is 1070.